The van der Waals surface area contributed by atoms with E-state index in [0.29, 0.717) is 16.4 Å². The Kier molecular flexibility index (Phi) is 3.17. The van der Waals surface area contributed by atoms with Crippen molar-refractivity contribution in [2.24, 2.45) is 4.99 Å². The molecule has 1 fully saturated rings. The monoisotopic (exact) mass is 339 g/mol. The molecule has 23 heavy (non-hydrogen) atoms. The average Bonchev–Trinajstić information content (AvgIpc) is 3.21. The van der Waals surface area contributed by atoms with Crippen LogP contribution in [-0.2, 0) is 4.79 Å². The number of fused-ring (bicyclic) bond motifs is 1. The molecule has 2 aromatic rings. The second kappa shape index (κ2) is 5.22. The normalized spacial score (nSPS) is 17.6. The van der Waals surface area contributed by atoms with Crippen molar-refractivity contribution in [1.29, 1.82) is 0 Å². The first-order valence-corrected chi connectivity index (χ1v) is 8.04. The Bertz CT molecular complexity index is 941. The van der Waals surface area contributed by atoms with Crippen LogP contribution in [0.2, 0.25) is 0 Å². The van der Waals surface area contributed by atoms with Crippen LogP contribution in [0.5, 0.6) is 0 Å². The Labute approximate surface area is 140 Å². The molecule has 2 N–H and O–H groups in total. The lowest BCUT2D eigenvalue weighted by molar-refractivity contribution is -0.115. The van der Waals surface area contributed by atoms with Gasteiger partial charge < -0.3 is 5.32 Å². The molecule has 0 aliphatic carbocycles. The van der Waals surface area contributed by atoms with Gasteiger partial charge in [0, 0.05) is 16.7 Å². The molecule has 0 bridgehead atoms. The molecule has 2 aliphatic rings. The molecule has 1 saturated heterocycles. The number of benzene rings is 1. The molecule has 0 radical (unpaired) electrons. The number of aliphatic imine (C=N–C) groups is 1. The Balaban J connectivity index is 1.65. The standard InChI is InChI=1S/C16H9N3O2S2/c20-14-12-2-1-8(3-9(12)6-17-14)10-4-11(23-7-10)5-13-15(21)19-16(22)18-13/h1-7H,(H2,18,19,21,22)/b13-5-. The Hall–Kier alpha value is -2.64. The fourth-order valence-corrected chi connectivity index (χ4v) is 3.50. The van der Waals surface area contributed by atoms with E-state index in [1.807, 2.05) is 23.6 Å². The second-order valence-corrected chi connectivity index (χ2v) is 6.42. The smallest absolute Gasteiger partial charge is 0.277 e. The van der Waals surface area contributed by atoms with Gasteiger partial charge in [-0.15, -0.1) is 11.3 Å². The highest BCUT2D eigenvalue weighted by Gasteiger charge is 2.20. The largest absolute Gasteiger partial charge is 0.328 e. The number of thiophene rings is 1. The quantitative estimate of drug-likeness (QED) is 0.651. The van der Waals surface area contributed by atoms with E-state index in [1.54, 1.807) is 18.4 Å². The Morgan fingerprint density at radius 1 is 1.13 bits per heavy atom. The Morgan fingerprint density at radius 2 is 2.00 bits per heavy atom. The van der Waals surface area contributed by atoms with Gasteiger partial charge in [0.05, 0.1) is 5.56 Å². The van der Waals surface area contributed by atoms with E-state index in [-0.39, 0.29) is 11.8 Å². The van der Waals surface area contributed by atoms with Crippen LogP contribution in [0.15, 0.2) is 40.3 Å². The summed E-state index contributed by atoms with van der Waals surface area (Å²) < 4.78 is 0. The highest BCUT2D eigenvalue weighted by molar-refractivity contribution is 7.80. The van der Waals surface area contributed by atoms with Crippen molar-refractivity contribution < 1.29 is 9.59 Å². The van der Waals surface area contributed by atoms with Crippen molar-refractivity contribution >= 4 is 52.8 Å². The molecule has 7 heteroatoms. The number of carbonyl (C=O) groups excluding carboxylic acids is 2. The fraction of sp³-hybridized carbons (Fsp3) is 0. The van der Waals surface area contributed by atoms with E-state index in [0.717, 1.165) is 21.6 Å². The number of carbonyl (C=O) groups is 2. The summed E-state index contributed by atoms with van der Waals surface area (Å²) in [6, 6.07) is 7.63. The van der Waals surface area contributed by atoms with Gasteiger partial charge in [0.15, 0.2) is 5.11 Å². The molecule has 0 unspecified atom stereocenters. The summed E-state index contributed by atoms with van der Waals surface area (Å²) in [4.78, 5) is 27.9. The van der Waals surface area contributed by atoms with Gasteiger partial charge in [-0.2, -0.15) is 0 Å². The first kappa shape index (κ1) is 14.0. The van der Waals surface area contributed by atoms with Crippen molar-refractivity contribution in [2.45, 2.75) is 0 Å². The van der Waals surface area contributed by atoms with Crippen molar-refractivity contribution in [3.05, 3.63) is 51.3 Å². The summed E-state index contributed by atoms with van der Waals surface area (Å²) in [5.41, 5.74) is 3.94. The van der Waals surface area contributed by atoms with Gasteiger partial charge in [-0.05, 0) is 53.0 Å². The molecular formula is C16H9N3O2S2. The lowest BCUT2D eigenvalue weighted by atomic mass is 10.0. The molecule has 1 aromatic heterocycles. The van der Waals surface area contributed by atoms with Gasteiger partial charge >= 0.3 is 0 Å². The van der Waals surface area contributed by atoms with Crippen LogP contribution in [0.4, 0.5) is 0 Å². The molecule has 112 valence electrons. The first-order chi connectivity index (χ1) is 11.1. The van der Waals surface area contributed by atoms with Crippen LogP contribution in [0.25, 0.3) is 17.2 Å². The third-order valence-corrected chi connectivity index (χ3v) is 4.65. The molecule has 5 nitrogen and oxygen atoms in total. The molecule has 0 spiro atoms. The van der Waals surface area contributed by atoms with E-state index < -0.39 is 0 Å². The maximum atomic E-state index is 11.7. The maximum absolute atomic E-state index is 11.7. The van der Waals surface area contributed by atoms with Crippen molar-refractivity contribution in [3.8, 4) is 11.1 Å². The third kappa shape index (κ3) is 2.49. The minimum absolute atomic E-state index is 0.198. The maximum Gasteiger partial charge on any atom is 0.277 e. The number of rotatable bonds is 2. The van der Waals surface area contributed by atoms with E-state index in [2.05, 4.69) is 15.6 Å². The summed E-state index contributed by atoms with van der Waals surface area (Å²) in [6.45, 7) is 0. The average molecular weight is 339 g/mol. The number of hydrogen-bond donors (Lipinski definition) is 2. The number of nitrogens with one attached hydrogen (secondary N) is 2. The van der Waals surface area contributed by atoms with Crippen LogP contribution in [0.1, 0.15) is 20.8 Å². The molecule has 0 saturated carbocycles. The van der Waals surface area contributed by atoms with E-state index in [9.17, 15) is 9.59 Å². The van der Waals surface area contributed by atoms with Crippen molar-refractivity contribution in [1.82, 2.24) is 10.6 Å². The van der Waals surface area contributed by atoms with Gasteiger partial charge in [0.25, 0.3) is 11.8 Å². The first-order valence-electron chi connectivity index (χ1n) is 6.75. The summed E-state index contributed by atoms with van der Waals surface area (Å²) in [5.74, 6) is -0.422. The molecule has 0 atom stereocenters. The minimum atomic E-state index is -0.225. The summed E-state index contributed by atoms with van der Waals surface area (Å²) in [5, 5.41) is 7.68. The van der Waals surface area contributed by atoms with Gasteiger partial charge in [-0.3, -0.25) is 14.9 Å². The lowest BCUT2D eigenvalue weighted by Crippen LogP contribution is -2.21. The third-order valence-electron chi connectivity index (χ3n) is 3.56. The molecular weight excluding hydrogens is 330 g/mol. The number of hydrogen-bond acceptors (Lipinski definition) is 4. The molecule has 4 rings (SSSR count). The van der Waals surface area contributed by atoms with Gasteiger partial charge in [-0.1, -0.05) is 6.07 Å². The van der Waals surface area contributed by atoms with Gasteiger partial charge in [-0.25, -0.2) is 4.99 Å². The zero-order valence-corrected chi connectivity index (χ0v) is 13.3. The fourth-order valence-electron chi connectivity index (χ4n) is 2.45. The minimum Gasteiger partial charge on any atom is -0.328 e. The predicted molar refractivity (Wildman–Crippen MR) is 93.5 cm³/mol. The Morgan fingerprint density at radius 3 is 2.78 bits per heavy atom. The molecule has 2 aliphatic heterocycles. The zero-order valence-electron chi connectivity index (χ0n) is 11.6. The number of nitrogens with zero attached hydrogens (tertiary/aromatic N) is 1. The summed E-state index contributed by atoms with van der Waals surface area (Å²) in [6.07, 6.45) is 3.35. The highest BCUT2D eigenvalue weighted by atomic mass is 32.1. The summed E-state index contributed by atoms with van der Waals surface area (Å²) >= 11 is 6.43. The number of amides is 2. The highest BCUT2D eigenvalue weighted by Crippen LogP contribution is 2.29. The van der Waals surface area contributed by atoms with E-state index in [1.165, 1.54) is 11.3 Å². The van der Waals surface area contributed by atoms with Crippen LogP contribution in [0, 0.1) is 0 Å². The second-order valence-electron chi connectivity index (χ2n) is 5.07. The van der Waals surface area contributed by atoms with E-state index >= 15 is 0 Å². The topological polar surface area (TPSA) is 70.6 Å². The van der Waals surface area contributed by atoms with Gasteiger partial charge in [0.2, 0.25) is 0 Å². The SMILES string of the molecule is O=C1NC(=S)N/C1=C\c1cc(-c2ccc3c(c2)C=NC3=O)cs1. The van der Waals surface area contributed by atoms with Crippen LogP contribution < -0.4 is 10.6 Å². The van der Waals surface area contributed by atoms with Crippen molar-refractivity contribution in [3.63, 3.8) is 0 Å². The predicted octanol–water partition coefficient (Wildman–Crippen LogP) is 2.33. The van der Waals surface area contributed by atoms with Crippen molar-refractivity contribution in [2.75, 3.05) is 0 Å². The zero-order chi connectivity index (χ0) is 16.0. The van der Waals surface area contributed by atoms with Crippen LogP contribution >= 0.6 is 23.6 Å². The van der Waals surface area contributed by atoms with Crippen LogP contribution in [0.3, 0.4) is 0 Å². The van der Waals surface area contributed by atoms with Crippen LogP contribution in [-0.4, -0.2) is 23.1 Å². The molecule has 1 aromatic carbocycles. The van der Waals surface area contributed by atoms with E-state index in [4.69, 9.17) is 12.2 Å². The summed E-state index contributed by atoms with van der Waals surface area (Å²) in [7, 11) is 0. The molecule has 3 heterocycles. The van der Waals surface area contributed by atoms with Gasteiger partial charge in [0.1, 0.15) is 5.70 Å². The lowest BCUT2D eigenvalue weighted by Gasteiger charge is -2.00. The number of thiocarbonyl (C=S) groups is 1. The molecule has 2 amide bonds.